The summed E-state index contributed by atoms with van der Waals surface area (Å²) >= 11 is 0. The largest absolute Gasteiger partial charge is 0.478 e. The highest BCUT2D eigenvalue weighted by molar-refractivity contribution is 7.89. The van der Waals surface area contributed by atoms with Crippen molar-refractivity contribution in [3.8, 4) is 0 Å². The number of hydrogen-bond acceptors (Lipinski definition) is 4. The molecule has 1 aromatic carbocycles. The van der Waals surface area contributed by atoms with Crippen molar-refractivity contribution in [1.82, 2.24) is 4.72 Å². The van der Waals surface area contributed by atoms with Crippen LogP contribution in [0.5, 0.6) is 0 Å². The third-order valence-corrected chi connectivity index (χ3v) is 5.35. The molecule has 0 bridgehead atoms. The Morgan fingerprint density at radius 2 is 1.90 bits per heavy atom. The van der Waals surface area contributed by atoms with Crippen LogP contribution < -0.4 is 4.72 Å². The van der Waals surface area contributed by atoms with Crippen molar-refractivity contribution in [3.05, 3.63) is 28.8 Å². The third-order valence-electron chi connectivity index (χ3n) is 3.70. The zero-order valence-corrected chi connectivity index (χ0v) is 12.9. The average Bonchev–Trinajstić information content (AvgIpc) is 2.41. The molecular weight excluding hydrogens is 294 g/mol. The lowest BCUT2D eigenvalue weighted by Crippen LogP contribution is -2.39. The molecule has 2 rings (SSSR count). The maximum atomic E-state index is 12.5. The molecule has 6 nitrogen and oxygen atoms in total. The molecule has 1 aliphatic rings. The molecule has 1 heterocycles. The number of carbonyl (C=O) groups is 1. The van der Waals surface area contributed by atoms with Crippen LogP contribution in [0.15, 0.2) is 17.0 Å². The Bertz CT molecular complexity index is 648. The second-order valence-corrected chi connectivity index (χ2v) is 6.91. The Labute approximate surface area is 124 Å². The standard InChI is InChI=1S/C14H19NO5S/c1-9-7-11(14(16)17)8-13(10(9)2)21(18,19)15-12-3-5-20-6-4-12/h7-8,12,15H,3-6H2,1-2H3,(H,16,17). The highest BCUT2D eigenvalue weighted by atomic mass is 32.2. The quantitative estimate of drug-likeness (QED) is 0.878. The number of carboxylic acids is 1. The number of carboxylic acid groups (broad SMARTS) is 1. The maximum Gasteiger partial charge on any atom is 0.335 e. The Morgan fingerprint density at radius 1 is 1.29 bits per heavy atom. The number of rotatable bonds is 4. The van der Waals surface area contributed by atoms with Crippen molar-refractivity contribution in [2.24, 2.45) is 0 Å². The summed E-state index contributed by atoms with van der Waals surface area (Å²) in [5.74, 6) is -1.14. The summed E-state index contributed by atoms with van der Waals surface area (Å²) < 4.78 is 32.9. The normalized spacial score (nSPS) is 16.9. The maximum absolute atomic E-state index is 12.5. The molecule has 1 saturated heterocycles. The minimum absolute atomic E-state index is 0.0227. The van der Waals surface area contributed by atoms with Crippen LogP contribution in [-0.2, 0) is 14.8 Å². The lowest BCUT2D eigenvalue weighted by Gasteiger charge is -2.23. The van der Waals surface area contributed by atoms with E-state index in [1.807, 2.05) is 0 Å². The number of nitrogens with one attached hydrogen (secondary N) is 1. The van der Waals surface area contributed by atoms with Crippen LogP contribution in [0.1, 0.15) is 34.3 Å². The summed E-state index contributed by atoms with van der Waals surface area (Å²) in [7, 11) is -3.74. The monoisotopic (exact) mass is 313 g/mol. The summed E-state index contributed by atoms with van der Waals surface area (Å²) in [6, 6.07) is 2.52. The molecule has 1 aliphatic heterocycles. The van der Waals surface area contributed by atoms with Crippen molar-refractivity contribution in [2.45, 2.75) is 37.6 Å². The fraction of sp³-hybridized carbons (Fsp3) is 0.500. The lowest BCUT2D eigenvalue weighted by molar-refractivity contribution is 0.0696. The van der Waals surface area contributed by atoms with E-state index in [2.05, 4.69) is 4.72 Å². The first-order chi connectivity index (χ1) is 9.81. The van der Waals surface area contributed by atoms with Crippen LogP contribution in [0.2, 0.25) is 0 Å². The molecule has 21 heavy (non-hydrogen) atoms. The van der Waals surface area contributed by atoms with Gasteiger partial charge in [-0.1, -0.05) is 0 Å². The van der Waals surface area contributed by atoms with Crippen molar-refractivity contribution >= 4 is 16.0 Å². The van der Waals surface area contributed by atoms with Crippen LogP contribution in [-0.4, -0.2) is 38.7 Å². The number of aryl methyl sites for hydroxylation is 1. The van der Waals surface area contributed by atoms with E-state index in [1.54, 1.807) is 13.8 Å². The fourth-order valence-electron chi connectivity index (χ4n) is 2.33. The van der Waals surface area contributed by atoms with Gasteiger partial charge in [-0.25, -0.2) is 17.9 Å². The molecule has 0 amide bonds. The van der Waals surface area contributed by atoms with Crippen LogP contribution in [0, 0.1) is 13.8 Å². The van der Waals surface area contributed by atoms with Crippen LogP contribution in [0.3, 0.4) is 0 Å². The average molecular weight is 313 g/mol. The lowest BCUT2D eigenvalue weighted by atomic mass is 10.1. The van der Waals surface area contributed by atoms with Crippen molar-refractivity contribution in [3.63, 3.8) is 0 Å². The minimum Gasteiger partial charge on any atom is -0.478 e. The molecule has 0 aliphatic carbocycles. The first-order valence-electron chi connectivity index (χ1n) is 6.76. The summed E-state index contributed by atoms with van der Waals surface area (Å²) in [5, 5.41) is 9.08. The van der Waals surface area contributed by atoms with E-state index >= 15 is 0 Å². The van der Waals surface area contributed by atoms with Gasteiger partial charge in [-0.05, 0) is 49.9 Å². The number of ether oxygens (including phenoxy) is 1. The molecule has 2 N–H and O–H groups in total. The van der Waals surface area contributed by atoms with Crippen LogP contribution >= 0.6 is 0 Å². The number of sulfonamides is 1. The van der Waals surface area contributed by atoms with Gasteiger partial charge >= 0.3 is 5.97 Å². The smallest absolute Gasteiger partial charge is 0.335 e. The van der Waals surface area contributed by atoms with E-state index < -0.39 is 16.0 Å². The molecule has 1 aromatic rings. The molecule has 116 valence electrons. The van der Waals surface area contributed by atoms with Gasteiger partial charge in [-0.15, -0.1) is 0 Å². The zero-order chi connectivity index (χ0) is 15.6. The Morgan fingerprint density at radius 3 is 2.48 bits per heavy atom. The molecule has 0 saturated carbocycles. The third kappa shape index (κ3) is 3.61. The molecular formula is C14H19NO5S. The summed E-state index contributed by atoms with van der Waals surface area (Å²) in [6.45, 7) is 4.44. The summed E-state index contributed by atoms with van der Waals surface area (Å²) in [4.78, 5) is 11.1. The van der Waals surface area contributed by atoms with E-state index in [0.717, 1.165) is 0 Å². The van der Waals surface area contributed by atoms with Gasteiger partial charge in [-0.3, -0.25) is 0 Å². The molecule has 0 atom stereocenters. The van der Waals surface area contributed by atoms with Gasteiger partial charge in [0.1, 0.15) is 0 Å². The fourth-order valence-corrected chi connectivity index (χ4v) is 3.98. The summed E-state index contributed by atoms with van der Waals surface area (Å²) in [5.41, 5.74) is 1.19. The van der Waals surface area contributed by atoms with Gasteiger partial charge in [0.25, 0.3) is 0 Å². The molecule has 0 spiro atoms. The Kier molecular flexibility index (Phi) is 4.65. The topological polar surface area (TPSA) is 92.7 Å². The second kappa shape index (κ2) is 6.13. The zero-order valence-electron chi connectivity index (χ0n) is 12.0. The molecule has 0 radical (unpaired) electrons. The minimum atomic E-state index is -3.74. The predicted molar refractivity (Wildman–Crippen MR) is 77.0 cm³/mol. The van der Waals surface area contributed by atoms with E-state index in [-0.39, 0.29) is 16.5 Å². The van der Waals surface area contributed by atoms with E-state index in [1.165, 1.54) is 12.1 Å². The van der Waals surface area contributed by atoms with Crippen LogP contribution in [0.25, 0.3) is 0 Å². The van der Waals surface area contributed by atoms with E-state index in [9.17, 15) is 13.2 Å². The van der Waals surface area contributed by atoms with Gasteiger partial charge in [0.05, 0.1) is 10.5 Å². The van der Waals surface area contributed by atoms with Gasteiger partial charge in [0.2, 0.25) is 10.0 Å². The van der Waals surface area contributed by atoms with Crippen LogP contribution in [0.4, 0.5) is 0 Å². The first kappa shape index (κ1) is 15.9. The molecule has 0 aromatic heterocycles. The van der Waals surface area contributed by atoms with Gasteiger partial charge in [-0.2, -0.15) is 0 Å². The Balaban J connectivity index is 2.36. The first-order valence-corrected chi connectivity index (χ1v) is 8.24. The van der Waals surface area contributed by atoms with Crippen molar-refractivity contribution in [2.75, 3.05) is 13.2 Å². The molecule has 0 unspecified atom stereocenters. The van der Waals surface area contributed by atoms with Gasteiger partial charge < -0.3 is 9.84 Å². The number of aromatic carboxylic acids is 1. The number of benzene rings is 1. The van der Waals surface area contributed by atoms with Crippen molar-refractivity contribution < 1.29 is 23.1 Å². The molecule has 1 fully saturated rings. The summed E-state index contributed by atoms with van der Waals surface area (Å²) in [6.07, 6.45) is 1.24. The van der Waals surface area contributed by atoms with Gasteiger partial charge in [0, 0.05) is 19.3 Å². The van der Waals surface area contributed by atoms with Crippen molar-refractivity contribution in [1.29, 1.82) is 0 Å². The second-order valence-electron chi connectivity index (χ2n) is 5.23. The number of hydrogen-bond donors (Lipinski definition) is 2. The van der Waals surface area contributed by atoms with E-state index in [4.69, 9.17) is 9.84 Å². The SMILES string of the molecule is Cc1cc(C(=O)O)cc(S(=O)(=O)NC2CCOCC2)c1C. The molecule has 7 heteroatoms. The highest BCUT2D eigenvalue weighted by Gasteiger charge is 2.25. The van der Waals surface area contributed by atoms with E-state index in [0.29, 0.717) is 37.2 Å². The Hall–Kier alpha value is -1.44. The predicted octanol–water partition coefficient (Wildman–Crippen LogP) is 1.46. The highest BCUT2D eigenvalue weighted by Crippen LogP contribution is 2.22. The van der Waals surface area contributed by atoms with Gasteiger partial charge in [0.15, 0.2) is 0 Å².